The quantitative estimate of drug-likeness (QED) is 0.611. The Morgan fingerprint density at radius 1 is 1.62 bits per heavy atom. The number of aliphatic hydroxyl groups excluding tert-OH is 1. The number of carbonyl (C=O) groups is 1. The fraction of sp³-hybridized carbons (Fsp3) is 0.700. The van der Waals surface area contributed by atoms with Crippen LogP contribution in [0, 0.1) is 17.8 Å². The van der Waals surface area contributed by atoms with Crippen molar-refractivity contribution in [3.05, 3.63) is 0 Å². The highest BCUT2D eigenvalue weighted by Crippen LogP contribution is 2.04. The molecule has 0 radical (unpaired) electrons. The van der Waals surface area contributed by atoms with Crippen LogP contribution in [-0.2, 0) is 4.79 Å². The zero-order valence-electron chi connectivity index (χ0n) is 8.26. The minimum Gasteiger partial charge on any atom is -0.396 e. The van der Waals surface area contributed by atoms with Crippen molar-refractivity contribution >= 4 is 5.91 Å². The summed E-state index contributed by atoms with van der Waals surface area (Å²) in [5, 5.41) is 11.4. The Morgan fingerprint density at radius 2 is 2.31 bits per heavy atom. The third-order valence-electron chi connectivity index (χ3n) is 1.90. The summed E-state index contributed by atoms with van der Waals surface area (Å²) in [6, 6.07) is 0. The average Bonchev–Trinajstić information content (AvgIpc) is 2.12. The molecule has 0 fully saturated rings. The highest BCUT2D eigenvalue weighted by molar-refractivity contribution is 5.93. The van der Waals surface area contributed by atoms with Gasteiger partial charge in [0.1, 0.15) is 0 Å². The normalized spacial score (nSPS) is 11.3. The molecule has 0 bridgehead atoms. The lowest BCUT2D eigenvalue weighted by Gasteiger charge is -2.12. The van der Waals surface area contributed by atoms with E-state index in [0.29, 0.717) is 12.5 Å². The number of aliphatic hydroxyl groups is 1. The molecule has 0 aliphatic carbocycles. The van der Waals surface area contributed by atoms with Gasteiger partial charge in [0.15, 0.2) is 0 Å². The topological polar surface area (TPSA) is 49.3 Å². The molecule has 1 atom stereocenters. The molecule has 0 spiro atoms. The van der Waals surface area contributed by atoms with E-state index in [9.17, 15) is 4.79 Å². The zero-order valence-corrected chi connectivity index (χ0v) is 8.26. The second kappa shape index (κ2) is 7.63. The van der Waals surface area contributed by atoms with Crippen LogP contribution in [0.5, 0.6) is 0 Å². The first-order chi connectivity index (χ1) is 6.24. The number of hydrogen-bond acceptors (Lipinski definition) is 2. The predicted molar refractivity (Wildman–Crippen MR) is 51.9 cm³/mol. The van der Waals surface area contributed by atoms with Gasteiger partial charge in [-0.2, -0.15) is 0 Å². The SMILES string of the molecule is CC#CC(=O)NCC(CC)CCO. The van der Waals surface area contributed by atoms with Crippen LogP contribution in [0.15, 0.2) is 0 Å². The molecular weight excluding hydrogens is 166 g/mol. The first-order valence-electron chi connectivity index (χ1n) is 4.56. The number of amides is 1. The number of carbonyl (C=O) groups excluding carboxylic acids is 1. The smallest absolute Gasteiger partial charge is 0.295 e. The lowest BCUT2D eigenvalue weighted by atomic mass is 10.0. The van der Waals surface area contributed by atoms with Crippen LogP contribution in [0.4, 0.5) is 0 Å². The Balaban J connectivity index is 3.68. The fourth-order valence-corrected chi connectivity index (χ4v) is 1.03. The number of rotatable bonds is 5. The largest absolute Gasteiger partial charge is 0.396 e. The van der Waals surface area contributed by atoms with Crippen LogP contribution in [0.1, 0.15) is 26.7 Å². The summed E-state index contributed by atoms with van der Waals surface area (Å²) < 4.78 is 0. The summed E-state index contributed by atoms with van der Waals surface area (Å²) >= 11 is 0. The Bertz CT molecular complexity index is 203. The molecule has 0 aromatic rings. The van der Waals surface area contributed by atoms with E-state index in [2.05, 4.69) is 17.2 Å². The van der Waals surface area contributed by atoms with Gasteiger partial charge in [-0.1, -0.05) is 19.3 Å². The second-order valence-corrected chi connectivity index (χ2v) is 2.87. The van der Waals surface area contributed by atoms with Crippen molar-refractivity contribution in [3.8, 4) is 11.8 Å². The Labute approximate surface area is 79.5 Å². The molecule has 0 aromatic heterocycles. The molecule has 3 heteroatoms. The van der Waals surface area contributed by atoms with E-state index in [1.807, 2.05) is 6.92 Å². The fourth-order valence-electron chi connectivity index (χ4n) is 1.03. The van der Waals surface area contributed by atoms with Crippen molar-refractivity contribution in [3.63, 3.8) is 0 Å². The molecular formula is C10H17NO2. The summed E-state index contributed by atoms with van der Waals surface area (Å²) in [6.07, 6.45) is 1.69. The van der Waals surface area contributed by atoms with Crippen LogP contribution in [0.25, 0.3) is 0 Å². The van der Waals surface area contributed by atoms with E-state index < -0.39 is 0 Å². The van der Waals surface area contributed by atoms with Crippen molar-refractivity contribution in [2.24, 2.45) is 5.92 Å². The molecule has 0 aliphatic rings. The molecule has 2 N–H and O–H groups in total. The van der Waals surface area contributed by atoms with Gasteiger partial charge in [0, 0.05) is 13.2 Å². The predicted octanol–water partition coefficient (Wildman–Crippen LogP) is 0.534. The van der Waals surface area contributed by atoms with Gasteiger partial charge in [-0.25, -0.2) is 0 Å². The highest BCUT2D eigenvalue weighted by Gasteiger charge is 2.05. The van der Waals surface area contributed by atoms with Gasteiger partial charge in [0.2, 0.25) is 0 Å². The van der Waals surface area contributed by atoms with Crippen molar-refractivity contribution in [1.29, 1.82) is 0 Å². The summed E-state index contributed by atoms with van der Waals surface area (Å²) in [5.41, 5.74) is 0. The van der Waals surface area contributed by atoms with E-state index in [1.165, 1.54) is 0 Å². The summed E-state index contributed by atoms with van der Waals surface area (Å²) in [5.74, 6) is 5.05. The average molecular weight is 183 g/mol. The van der Waals surface area contributed by atoms with Gasteiger partial charge in [0.25, 0.3) is 5.91 Å². The van der Waals surface area contributed by atoms with Gasteiger partial charge >= 0.3 is 0 Å². The molecule has 0 heterocycles. The first kappa shape index (κ1) is 12.0. The Kier molecular flexibility index (Phi) is 7.04. The van der Waals surface area contributed by atoms with Crippen LogP contribution in [0.2, 0.25) is 0 Å². The Morgan fingerprint density at radius 3 is 2.77 bits per heavy atom. The van der Waals surface area contributed by atoms with Crippen LogP contribution in [-0.4, -0.2) is 24.2 Å². The molecule has 0 saturated heterocycles. The standard InChI is InChI=1S/C10H17NO2/c1-3-5-10(13)11-8-9(4-2)6-7-12/h9,12H,4,6-8H2,1-2H3,(H,11,13). The second-order valence-electron chi connectivity index (χ2n) is 2.87. The van der Waals surface area contributed by atoms with Crippen molar-refractivity contribution in [1.82, 2.24) is 5.32 Å². The summed E-state index contributed by atoms with van der Waals surface area (Å²) in [4.78, 5) is 10.9. The maximum absolute atomic E-state index is 10.9. The monoisotopic (exact) mass is 183 g/mol. The highest BCUT2D eigenvalue weighted by atomic mass is 16.3. The third-order valence-corrected chi connectivity index (χ3v) is 1.90. The first-order valence-corrected chi connectivity index (χ1v) is 4.56. The van der Waals surface area contributed by atoms with Crippen LogP contribution in [0.3, 0.4) is 0 Å². The zero-order chi connectivity index (χ0) is 10.1. The van der Waals surface area contributed by atoms with Crippen molar-refractivity contribution in [2.75, 3.05) is 13.2 Å². The van der Waals surface area contributed by atoms with Gasteiger partial charge in [-0.15, -0.1) is 0 Å². The maximum atomic E-state index is 10.9. The molecule has 74 valence electrons. The lowest BCUT2D eigenvalue weighted by molar-refractivity contribution is -0.115. The molecule has 0 rings (SSSR count). The molecule has 13 heavy (non-hydrogen) atoms. The van der Waals surface area contributed by atoms with E-state index in [4.69, 9.17) is 5.11 Å². The van der Waals surface area contributed by atoms with Crippen molar-refractivity contribution in [2.45, 2.75) is 26.7 Å². The summed E-state index contributed by atoms with van der Waals surface area (Å²) in [6.45, 7) is 4.45. The molecule has 0 aromatic carbocycles. The molecule has 3 nitrogen and oxygen atoms in total. The minimum atomic E-state index is -0.237. The third kappa shape index (κ3) is 6.18. The summed E-state index contributed by atoms with van der Waals surface area (Å²) in [7, 11) is 0. The molecule has 0 aliphatic heterocycles. The lowest BCUT2D eigenvalue weighted by Crippen LogP contribution is -2.28. The molecule has 0 saturated carbocycles. The van der Waals surface area contributed by atoms with E-state index >= 15 is 0 Å². The van der Waals surface area contributed by atoms with Crippen LogP contribution < -0.4 is 5.32 Å². The molecule has 1 amide bonds. The number of hydrogen-bond donors (Lipinski definition) is 2. The minimum absolute atomic E-state index is 0.174. The van der Waals surface area contributed by atoms with Gasteiger partial charge in [0.05, 0.1) is 0 Å². The van der Waals surface area contributed by atoms with Gasteiger partial charge in [-0.05, 0) is 25.2 Å². The number of nitrogens with one attached hydrogen (secondary N) is 1. The van der Waals surface area contributed by atoms with Crippen molar-refractivity contribution < 1.29 is 9.90 Å². The van der Waals surface area contributed by atoms with Crippen LogP contribution >= 0.6 is 0 Å². The van der Waals surface area contributed by atoms with Gasteiger partial charge in [-0.3, -0.25) is 4.79 Å². The Hall–Kier alpha value is -1.01. The molecule has 1 unspecified atom stereocenters. The van der Waals surface area contributed by atoms with Gasteiger partial charge < -0.3 is 10.4 Å². The maximum Gasteiger partial charge on any atom is 0.295 e. The van der Waals surface area contributed by atoms with E-state index in [0.717, 1.165) is 12.8 Å². The van der Waals surface area contributed by atoms with E-state index in [-0.39, 0.29) is 12.5 Å². The van der Waals surface area contributed by atoms with E-state index in [1.54, 1.807) is 6.92 Å².